The van der Waals surface area contributed by atoms with Crippen LogP contribution in [0.2, 0.25) is 0 Å². The number of para-hydroxylation sites is 1. The molecule has 0 saturated heterocycles. The van der Waals surface area contributed by atoms with Crippen molar-refractivity contribution in [2.24, 2.45) is 0 Å². The van der Waals surface area contributed by atoms with Gasteiger partial charge in [0, 0.05) is 11.8 Å². The fourth-order valence-corrected chi connectivity index (χ4v) is 2.07. The third kappa shape index (κ3) is 2.32. The zero-order valence-corrected chi connectivity index (χ0v) is 10.8. The number of rotatable bonds is 4. The maximum Gasteiger partial charge on any atom is 0.0840 e. The van der Waals surface area contributed by atoms with Crippen LogP contribution >= 0.6 is 15.9 Å². The van der Waals surface area contributed by atoms with Crippen molar-refractivity contribution in [2.45, 2.75) is 19.8 Å². The Morgan fingerprint density at radius 2 is 2.12 bits per heavy atom. The Morgan fingerprint density at radius 3 is 2.88 bits per heavy atom. The van der Waals surface area contributed by atoms with Crippen molar-refractivity contribution in [3.05, 3.63) is 41.7 Å². The van der Waals surface area contributed by atoms with E-state index in [9.17, 15) is 0 Å². The van der Waals surface area contributed by atoms with Crippen molar-refractivity contribution in [1.29, 1.82) is 0 Å². The first-order valence-electron chi connectivity index (χ1n) is 5.40. The van der Waals surface area contributed by atoms with Gasteiger partial charge in [-0.25, -0.2) is 4.68 Å². The first-order valence-corrected chi connectivity index (χ1v) is 6.52. The van der Waals surface area contributed by atoms with Crippen LogP contribution in [-0.2, 0) is 12.8 Å². The van der Waals surface area contributed by atoms with Crippen LogP contribution in [0.25, 0.3) is 5.69 Å². The first kappa shape index (κ1) is 11.3. The van der Waals surface area contributed by atoms with Gasteiger partial charge in [0.25, 0.3) is 0 Å². The predicted molar refractivity (Wildman–Crippen MR) is 68.2 cm³/mol. The molecule has 2 aromatic rings. The van der Waals surface area contributed by atoms with Crippen molar-refractivity contribution < 1.29 is 0 Å². The highest BCUT2D eigenvalue weighted by molar-refractivity contribution is 9.09. The molecule has 0 atom stereocenters. The average molecular weight is 280 g/mol. The highest BCUT2D eigenvalue weighted by atomic mass is 79.9. The molecule has 4 heteroatoms. The minimum absolute atomic E-state index is 0.911. The molecule has 84 valence electrons. The number of benzene rings is 1. The lowest BCUT2D eigenvalue weighted by atomic mass is 10.1. The number of aromatic nitrogens is 3. The van der Waals surface area contributed by atoms with Gasteiger partial charge < -0.3 is 0 Å². The molecular weight excluding hydrogens is 266 g/mol. The topological polar surface area (TPSA) is 30.7 Å². The van der Waals surface area contributed by atoms with E-state index in [4.69, 9.17) is 0 Å². The van der Waals surface area contributed by atoms with E-state index in [0.717, 1.165) is 29.6 Å². The van der Waals surface area contributed by atoms with E-state index in [-0.39, 0.29) is 0 Å². The van der Waals surface area contributed by atoms with Crippen molar-refractivity contribution in [2.75, 3.05) is 5.33 Å². The van der Waals surface area contributed by atoms with Crippen molar-refractivity contribution in [1.82, 2.24) is 15.0 Å². The third-order valence-electron chi connectivity index (χ3n) is 2.51. The molecule has 0 aliphatic carbocycles. The Kier molecular flexibility index (Phi) is 3.72. The molecule has 1 aromatic heterocycles. The number of alkyl halides is 1. The number of hydrogen-bond acceptors (Lipinski definition) is 2. The van der Waals surface area contributed by atoms with Gasteiger partial charge in [-0.05, 0) is 18.1 Å². The van der Waals surface area contributed by atoms with Gasteiger partial charge in [-0.3, -0.25) is 0 Å². The Bertz CT molecular complexity index is 465. The molecule has 3 nitrogen and oxygen atoms in total. The second-order valence-electron chi connectivity index (χ2n) is 3.58. The molecule has 0 fully saturated rings. The predicted octanol–water partition coefficient (Wildman–Crippen LogP) is 2.77. The van der Waals surface area contributed by atoms with Gasteiger partial charge in [-0.1, -0.05) is 46.3 Å². The zero-order valence-electron chi connectivity index (χ0n) is 9.23. The standard InChI is InChI=1S/C12H14BrN3/c1-2-10-5-3-4-6-12(10)16-9-11(7-8-13)14-15-16/h3-6,9H,2,7-8H2,1H3. The Labute approximate surface area is 104 Å². The lowest BCUT2D eigenvalue weighted by Gasteiger charge is -2.05. The Hall–Kier alpha value is -1.16. The molecule has 0 bridgehead atoms. The molecule has 1 aromatic carbocycles. The third-order valence-corrected chi connectivity index (χ3v) is 2.91. The highest BCUT2D eigenvalue weighted by Gasteiger charge is 2.05. The quantitative estimate of drug-likeness (QED) is 0.806. The molecule has 0 spiro atoms. The molecular formula is C12H14BrN3. The van der Waals surface area contributed by atoms with Gasteiger partial charge in [-0.2, -0.15) is 0 Å². The maximum atomic E-state index is 4.16. The van der Waals surface area contributed by atoms with Crippen molar-refractivity contribution >= 4 is 15.9 Å². The van der Waals surface area contributed by atoms with E-state index in [1.807, 2.05) is 16.9 Å². The summed E-state index contributed by atoms with van der Waals surface area (Å²) in [5.74, 6) is 0. The SMILES string of the molecule is CCc1ccccc1-n1cc(CCBr)nn1. The van der Waals surface area contributed by atoms with Crippen molar-refractivity contribution in [3.63, 3.8) is 0 Å². The van der Waals surface area contributed by atoms with Crippen LogP contribution in [-0.4, -0.2) is 20.3 Å². The van der Waals surface area contributed by atoms with Gasteiger partial charge in [0.15, 0.2) is 0 Å². The summed E-state index contributed by atoms with van der Waals surface area (Å²) < 4.78 is 1.86. The second kappa shape index (κ2) is 5.25. The van der Waals surface area contributed by atoms with Crippen LogP contribution in [0.3, 0.4) is 0 Å². The molecule has 0 saturated carbocycles. The number of nitrogens with zero attached hydrogens (tertiary/aromatic N) is 3. The first-order chi connectivity index (χ1) is 7.85. The highest BCUT2D eigenvalue weighted by Crippen LogP contribution is 2.14. The number of aryl methyl sites for hydroxylation is 2. The number of halogens is 1. The molecule has 0 aliphatic heterocycles. The summed E-state index contributed by atoms with van der Waals surface area (Å²) in [6.07, 6.45) is 3.91. The van der Waals surface area contributed by atoms with Crippen molar-refractivity contribution in [3.8, 4) is 5.69 Å². The van der Waals surface area contributed by atoms with Gasteiger partial charge in [-0.15, -0.1) is 5.10 Å². The summed E-state index contributed by atoms with van der Waals surface area (Å²) in [4.78, 5) is 0. The molecule has 0 amide bonds. The minimum atomic E-state index is 0.911. The monoisotopic (exact) mass is 279 g/mol. The second-order valence-corrected chi connectivity index (χ2v) is 4.37. The zero-order chi connectivity index (χ0) is 11.4. The van der Waals surface area contributed by atoms with E-state index in [1.54, 1.807) is 0 Å². The van der Waals surface area contributed by atoms with Crippen LogP contribution < -0.4 is 0 Å². The van der Waals surface area contributed by atoms with Crippen LogP contribution in [0.5, 0.6) is 0 Å². The molecule has 1 heterocycles. The minimum Gasteiger partial charge on any atom is -0.220 e. The fourth-order valence-electron chi connectivity index (χ4n) is 1.66. The van der Waals surface area contributed by atoms with Gasteiger partial charge in [0.05, 0.1) is 17.6 Å². The average Bonchev–Trinajstić information content (AvgIpc) is 2.78. The Morgan fingerprint density at radius 1 is 1.31 bits per heavy atom. The summed E-state index contributed by atoms with van der Waals surface area (Å²) >= 11 is 3.40. The lowest BCUT2D eigenvalue weighted by molar-refractivity contribution is 0.789. The van der Waals surface area contributed by atoms with Gasteiger partial charge >= 0.3 is 0 Å². The molecule has 0 aliphatic rings. The summed E-state index contributed by atoms with van der Waals surface area (Å²) in [7, 11) is 0. The van der Waals surface area contributed by atoms with Gasteiger partial charge in [0.1, 0.15) is 0 Å². The van der Waals surface area contributed by atoms with E-state index in [2.05, 4.69) is 51.4 Å². The van der Waals surface area contributed by atoms with E-state index < -0.39 is 0 Å². The van der Waals surface area contributed by atoms with Crippen LogP contribution in [0, 0.1) is 0 Å². The molecule has 16 heavy (non-hydrogen) atoms. The number of hydrogen-bond donors (Lipinski definition) is 0. The Balaban J connectivity index is 2.34. The molecule has 0 radical (unpaired) electrons. The molecule has 0 N–H and O–H groups in total. The lowest BCUT2D eigenvalue weighted by Crippen LogP contribution is -1.99. The summed E-state index contributed by atoms with van der Waals surface area (Å²) in [6.45, 7) is 2.15. The van der Waals surface area contributed by atoms with E-state index in [1.165, 1.54) is 5.56 Å². The normalized spacial score (nSPS) is 10.6. The largest absolute Gasteiger partial charge is 0.220 e. The van der Waals surface area contributed by atoms with E-state index in [0.29, 0.717) is 0 Å². The van der Waals surface area contributed by atoms with Crippen LogP contribution in [0.1, 0.15) is 18.2 Å². The maximum absolute atomic E-state index is 4.16. The summed E-state index contributed by atoms with van der Waals surface area (Å²) in [5.41, 5.74) is 3.43. The fraction of sp³-hybridized carbons (Fsp3) is 0.333. The van der Waals surface area contributed by atoms with Gasteiger partial charge in [0.2, 0.25) is 0 Å². The van der Waals surface area contributed by atoms with Crippen LogP contribution in [0.4, 0.5) is 0 Å². The summed E-state index contributed by atoms with van der Waals surface area (Å²) in [5, 5.41) is 9.22. The molecule has 0 unspecified atom stereocenters. The smallest absolute Gasteiger partial charge is 0.0840 e. The van der Waals surface area contributed by atoms with Crippen LogP contribution in [0.15, 0.2) is 30.5 Å². The summed E-state index contributed by atoms with van der Waals surface area (Å²) in [6, 6.07) is 8.28. The van der Waals surface area contributed by atoms with E-state index >= 15 is 0 Å². The molecule has 2 rings (SSSR count).